The number of hydrogen-bond acceptors (Lipinski definition) is 4. The molecule has 6 nitrogen and oxygen atoms in total. The van der Waals surface area contributed by atoms with E-state index in [0.29, 0.717) is 11.1 Å². The van der Waals surface area contributed by atoms with Crippen LogP contribution in [0.15, 0.2) is 53.4 Å². The lowest BCUT2D eigenvalue weighted by molar-refractivity contribution is 0.211. The fourth-order valence-corrected chi connectivity index (χ4v) is 2.30. The quantitative estimate of drug-likeness (QED) is 0.891. The number of carbonyl (C=O) groups is 1. The zero-order valence-electron chi connectivity index (χ0n) is 10.3. The van der Waals surface area contributed by atoms with Gasteiger partial charge in [-0.15, -0.1) is 0 Å². The number of carbonyl (C=O) groups excluding carboxylic acids is 1. The lowest BCUT2D eigenvalue weighted by Gasteiger charge is -2.09. The van der Waals surface area contributed by atoms with Gasteiger partial charge in [-0.3, -0.25) is 0 Å². The van der Waals surface area contributed by atoms with Crippen LogP contribution in [0, 0.1) is 0 Å². The van der Waals surface area contributed by atoms with Crippen molar-refractivity contribution >= 4 is 16.1 Å². The zero-order chi connectivity index (χ0) is 14.8. The maximum atomic E-state index is 11.4. The van der Waals surface area contributed by atoms with Crippen molar-refractivity contribution in [2.75, 3.05) is 0 Å². The minimum Gasteiger partial charge on any atom is -0.410 e. The van der Waals surface area contributed by atoms with Crippen LogP contribution in [0.25, 0.3) is 11.1 Å². The number of benzene rings is 2. The first kappa shape index (κ1) is 14.0. The molecule has 1 amide bonds. The van der Waals surface area contributed by atoms with Crippen LogP contribution >= 0.6 is 0 Å². The Morgan fingerprint density at radius 2 is 1.75 bits per heavy atom. The molecule has 0 aliphatic heterocycles. The monoisotopic (exact) mass is 292 g/mol. The van der Waals surface area contributed by atoms with Gasteiger partial charge in [0.05, 0.1) is 4.90 Å². The van der Waals surface area contributed by atoms with Crippen LogP contribution in [-0.2, 0) is 10.0 Å². The van der Waals surface area contributed by atoms with Crippen LogP contribution < -0.4 is 15.6 Å². The predicted octanol–water partition coefficient (Wildman–Crippen LogP) is 1.46. The second kappa shape index (κ2) is 5.32. The Balaban J connectivity index is 2.55. The zero-order valence-corrected chi connectivity index (χ0v) is 11.1. The van der Waals surface area contributed by atoms with Crippen LogP contribution in [0.2, 0.25) is 0 Å². The Hall–Kier alpha value is -2.38. The first-order chi connectivity index (χ1) is 9.38. The SMILES string of the molecule is NC(=O)Oc1ccccc1-c1cccc(S(N)(=O)=O)c1. The van der Waals surface area contributed by atoms with Crippen LogP contribution in [0.1, 0.15) is 0 Å². The lowest BCUT2D eigenvalue weighted by atomic mass is 10.1. The highest BCUT2D eigenvalue weighted by molar-refractivity contribution is 7.89. The van der Waals surface area contributed by atoms with Crippen LogP contribution in [0.3, 0.4) is 0 Å². The van der Waals surface area contributed by atoms with Crippen molar-refractivity contribution in [2.45, 2.75) is 4.90 Å². The Morgan fingerprint density at radius 1 is 1.05 bits per heavy atom. The molecule has 104 valence electrons. The molecule has 0 spiro atoms. The molecule has 0 unspecified atom stereocenters. The Morgan fingerprint density at radius 3 is 2.40 bits per heavy atom. The van der Waals surface area contributed by atoms with E-state index in [-0.39, 0.29) is 10.6 Å². The summed E-state index contributed by atoms with van der Waals surface area (Å²) < 4.78 is 27.6. The lowest BCUT2D eigenvalue weighted by Crippen LogP contribution is -2.16. The fourth-order valence-electron chi connectivity index (χ4n) is 1.74. The van der Waals surface area contributed by atoms with E-state index < -0.39 is 16.1 Å². The molecule has 0 bridgehead atoms. The summed E-state index contributed by atoms with van der Waals surface area (Å²) in [7, 11) is -3.80. The highest BCUT2D eigenvalue weighted by Crippen LogP contribution is 2.30. The van der Waals surface area contributed by atoms with Gasteiger partial charge in [0.25, 0.3) is 0 Å². The molecular formula is C13H12N2O4S. The number of para-hydroxylation sites is 1. The molecule has 0 atom stereocenters. The van der Waals surface area contributed by atoms with Gasteiger partial charge in [0.1, 0.15) is 5.75 Å². The van der Waals surface area contributed by atoms with Crippen LogP contribution in [0.4, 0.5) is 4.79 Å². The Labute approximate surface area is 116 Å². The van der Waals surface area contributed by atoms with Gasteiger partial charge in [-0.2, -0.15) is 0 Å². The van der Waals surface area contributed by atoms with E-state index in [0.717, 1.165) is 0 Å². The van der Waals surface area contributed by atoms with Crippen LogP contribution in [-0.4, -0.2) is 14.5 Å². The normalized spacial score (nSPS) is 11.1. The second-order valence-electron chi connectivity index (χ2n) is 3.99. The number of hydrogen-bond donors (Lipinski definition) is 2. The predicted molar refractivity (Wildman–Crippen MR) is 73.5 cm³/mol. The number of rotatable bonds is 3. The molecule has 2 aromatic carbocycles. The van der Waals surface area contributed by atoms with Crippen molar-refractivity contribution in [3.63, 3.8) is 0 Å². The largest absolute Gasteiger partial charge is 0.410 e. The third-order valence-corrected chi connectivity index (χ3v) is 3.48. The summed E-state index contributed by atoms with van der Waals surface area (Å²) in [5.41, 5.74) is 6.08. The first-order valence-electron chi connectivity index (χ1n) is 5.57. The maximum absolute atomic E-state index is 11.4. The van der Waals surface area contributed by atoms with E-state index in [2.05, 4.69) is 0 Å². The molecule has 0 fully saturated rings. The van der Waals surface area contributed by atoms with Crippen molar-refractivity contribution < 1.29 is 17.9 Å². The Kier molecular flexibility index (Phi) is 3.73. The summed E-state index contributed by atoms with van der Waals surface area (Å²) in [6.07, 6.45) is -0.944. The van der Waals surface area contributed by atoms with Crippen molar-refractivity contribution in [1.82, 2.24) is 0 Å². The highest BCUT2D eigenvalue weighted by Gasteiger charge is 2.12. The summed E-state index contributed by atoms with van der Waals surface area (Å²) in [5, 5.41) is 5.09. The first-order valence-corrected chi connectivity index (χ1v) is 7.12. The van der Waals surface area contributed by atoms with Gasteiger partial charge in [0.2, 0.25) is 10.0 Å². The molecule has 20 heavy (non-hydrogen) atoms. The molecular weight excluding hydrogens is 280 g/mol. The third kappa shape index (κ3) is 3.14. The van der Waals surface area contributed by atoms with E-state index in [1.165, 1.54) is 12.1 Å². The second-order valence-corrected chi connectivity index (χ2v) is 5.55. The average Bonchev–Trinajstić information content (AvgIpc) is 2.38. The molecule has 0 saturated heterocycles. The van der Waals surface area contributed by atoms with Crippen molar-refractivity contribution in [3.05, 3.63) is 48.5 Å². The number of primary amides is 1. The molecule has 2 rings (SSSR count). The summed E-state index contributed by atoms with van der Waals surface area (Å²) in [6.45, 7) is 0. The fraction of sp³-hybridized carbons (Fsp3) is 0. The van der Waals surface area contributed by atoms with E-state index >= 15 is 0 Å². The molecule has 0 heterocycles. The van der Waals surface area contributed by atoms with Crippen molar-refractivity contribution in [3.8, 4) is 16.9 Å². The highest BCUT2D eigenvalue weighted by atomic mass is 32.2. The molecule has 2 aromatic rings. The number of amides is 1. The molecule has 0 aliphatic rings. The van der Waals surface area contributed by atoms with Gasteiger partial charge in [0, 0.05) is 5.56 Å². The summed E-state index contributed by atoms with van der Waals surface area (Å²) in [5.74, 6) is 0.242. The minimum absolute atomic E-state index is 0.0242. The summed E-state index contributed by atoms with van der Waals surface area (Å²) in [6, 6.07) is 12.7. The van der Waals surface area contributed by atoms with Gasteiger partial charge >= 0.3 is 6.09 Å². The Bertz CT molecular complexity index is 756. The van der Waals surface area contributed by atoms with Gasteiger partial charge in [-0.25, -0.2) is 18.4 Å². The number of sulfonamides is 1. The third-order valence-electron chi connectivity index (χ3n) is 2.57. The number of nitrogens with two attached hydrogens (primary N) is 2. The average molecular weight is 292 g/mol. The molecule has 7 heteroatoms. The van der Waals surface area contributed by atoms with Crippen LogP contribution in [0.5, 0.6) is 5.75 Å². The summed E-state index contributed by atoms with van der Waals surface area (Å²) in [4.78, 5) is 10.8. The molecule has 0 radical (unpaired) electrons. The van der Waals surface area contributed by atoms with Crippen molar-refractivity contribution in [1.29, 1.82) is 0 Å². The minimum atomic E-state index is -3.80. The standard InChI is InChI=1S/C13H12N2O4S/c14-13(16)19-12-7-2-1-6-11(12)9-4-3-5-10(8-9)20(15,17)18/h1-8H,(H2,14,16)(H2,15,17,18). The van der Waals surface area contributed by atoms with E-state index in [4.69, 9.17) is 15.6 Å². The van der Waals surface area contributed by atoms with E-state index in [1.54, 1.807) is 36.4 Å². The van der Waals surface area contributed by atoms with Gasteiger partial charge < -0.3 is 10.5 Å². The molecule has 0 saturated carbocycles. The maximum Gasteiger partial charge on any atom is 0.409 e. The smallest absolute Gasteiger partial charge is 0.409 e. The van der Waals surface area contributed by atoms with E-state index in [1.807, 2.05) is 0 Å². The molecule has 0 aromatic heterocycles. The topological polar surface area (TPSA) is 112 Å². The molecule has 0 aliphatic carbocycles. The van der Waals surface area contributed by atoms with E-state index in [9.17, 15) is 13.2 Å². The summed E-state index contributed by atoms with van der Waals surface area (Å²) >= 11 is 0. The number of primary sulfonamides is 1. The van der Waals surface area contributed by atoms with Crippen molar-refractivity contribution in [2.24, 2.45) is 10.9 Å². The number of ether oxygens (including phenoxy) is 1. The van der Waals surface area contributed by atoms with Gasteiger partial charge in [-0.05, 0) is 23.8 Å². The molecule has 4 N–H and O–H groups in total. The van der Waals surface area contributed by atoms with Gasteiger partial charge in [-0.1, -0.05) is 30.3 Å². The van der Waals surface area contributed by atoms with Gasteiger partial charge in [0.15, 0.2) is 0 Å².